The first-order chi connectivity index (χ1) is 13.6. The Morgan fingerprint density at radius 1 is 1.07 bits per heavy atom. The van der Waals surface area contributed by atoms with Crippen molar-refractivity contribution in [2.75, 3.05) is 6.61 Å². The van der Waals surface area contributed by atoms with E-state index in [0.29, 0.717) is 5.56 Å². The predicted molar refractivity (Wildman–Crippen MR) is 100 cm³/mol. The summed E-state index contributed by atoms with van der Waals surface area (Å²) >= 11 is 0. The second-order valence-electron chi connectivity index (χ2n) is 7.75. The molecule has 5 heteroatoms. The van der Waals surface area contributed by atoms with Gasteiger partial charge in [0.15, 0.2) is 0 Å². The first-order valence-electron chi connectivity index (χ1n) is 9.47. The second-order valence-corrected chi connectivity index (χ2v) is 7.75. The lowest BCUT2D eigenvalue weighted by Gasteiger charge is -2.52. The molecule has 142 valence electrons. The Morgan fingerprint density at radius 3 is 2.46 bits per heavy atom. The van der Waals surface area contributed by atoms with Gasteiger partial charge in [0.25, 0.3) is 0 Å². The highest BCUT2D eigenvalue weighted by Crippen LogP contribution is 2.61. The Kier molecular flexibility index (Phi) is 3.88. The van der Waals surface area contributed by atoms with Crippen molar-refractivity contribution in [1.29, 1.82) is 0 Å². The zero-order chi connectivity index (χ0) is 19.3. The van der Waals surface area contributed by atoms with Crippen LogP contribution in [0.25, 0.3) is 0 Å². The number of ether oxygens (including phenoxy) is 2. The molecule has 6 atom stereocenters. The molecule has 4 aliphatic rings. The Balaban J connectivity index is 1.53. The monoisotopic (exact) mass is 376 g/mol. The van der Waals surface area contributed by atoms with Gasteiger partial charge in [-0.05, 0) is 17.7 Å². The van der Waals surface area contributed by atoms with Crippen LogP contribution in [0.1, 0.15) is 21.8 Å². The van der Waals surface area contributed by atoms with E-state index >= 15 is 0 Å². The highest BCUT2D eigenvalue weighted by molar-refractivity contribution is 5.89. The number of aliphatic hydroxyl groups excluding tert-OH is 1. The second kappa shape index (κ2) is 6.31. The molecular formula is C23H20O5. The number of aliphatic hydroxyl groups is 1. The number of rotatable bonds is 4. The fourth-order valence-corrected chi connectivity index (χ4v) is 5.08. The molecule has 4 bridgehead atoms. The van der Waals surface area contributed by atoms with Crippen LogP contribution in [0.5, 0.6) is 0 Å². The number of hydrogen-bond acceptors (Lipinski definition) is 5. The summed E-state index contributed by atoms with van der Waals surface area (Å²) in [4.78, 5) is 25.1. The van der Waals surface area contributed by atoms with Gasteiger partial charge in [0.2, 0.25) is 0 Å². The van der Waals surface area contributed by atoms with Crippen LogP contribution in [0.15, 0.2) is 72.8 Å². The van der Waals surface area contributed by atoms with Crippen molar-refractivity contribution in [1.82, 2.24) is 0 Å². The van der Waals surface area contributed by atoms with E-state index in [2.05, 4.69) is 0 Å². The smallest absolute Gasteiger partial charge is 0.338 e. The zero-order valence-electron chi connectivity index (χ0n) is 15.1. The summed E-state index contributed by atoms with van der Waals surface area (Å²) in [6, 6.07) is 18.4. The van der Waals surface area contributed by atoms with Gasteiger partial charge in [-0.15, -0.1) is 0 Å². The summed E-state index contributed by atoms with van der Waals surface area (Å²) < 4.78 is 11.2. The molecule has 0 spiro atoms. The zero-order valence-corrected chi connectivity index (χ0v) is 15.1. The molecule has 0 aromatic heterocycles. The van der Waals surface area contributed by atoms with E-state index in [1.54, 1.807) is 24.3 Å². The van der Waals surface area contributed by atoms with E-state index in [9.17, 15) is 14.7 Å². The largest absolute Gasteiger partial charge is 0.461 e. The molecule has 0 radical (unpaired) electrons. The summed E-state index contributed by atoms with van der Waals surface area (Å²) in [6.45, 7) is -0.0195. The maximum Gasteiger partial charge on any atom is 0.338 e. The van der Waals surface area contributed by atoms with Crippen LogP contribution in [0.4, 0.5) is 0 Å². The van der Waals surface area contributed by atoms with E-state index in [4.69, 9.17) is 9.47 Å². The molecule has 28 heavy (non-hydrogen) atoms. The van der Waals surface area contributed by atoms with Crippen molar-refractivity contribution in [3.63, 3.8) is 0 Å². The fourth-order valence-electron chi connectivity index (χ4n) is 5.08. The van der Waals surface area contributed by atoms with E-state index in [0.717, 1.165) is 5.56 Å². The van der Waals surface area contributed by atoms with Gasteiger partial charge < -0.3 is 14.6 Å². The summed E-state index contributed by atoms with van der Waals surface area (Å²) in [7, 11) is 0. The lowest BCUT2D eigenvalue weighted by Crippen LogP contribution is -2.59. The van der Waals surface area contributed by atoms with E-state index in [-0.39, 0.29) is 30.3 Å². The number of hydrogen-bond donors (Lipinski definition) is 1. The summed E-state index contributed by atoms with van der Waals surface area (Å²) in [6.07, 6.45) is 2.35. The minimum Gasteiger partial charge on any atom is -0.461 e. The molecule has 5 nitrogen and oxygen atoms in total. The Bertz CT molecular complexity index is 938. The molecule has 6 rings (SSSR count). The van der Waals surface area contributed by atoms with Crippen molar-refractivity contribution >= 4 is 11.9 Å². The van der Waals surface area contributed by atoms with Crippen molar-refractivity contribution in [2.45, 2.75) is 18.1 Å². The molecule has 2 fully saturated rings. The van der Waals surface area contributed by atoms with E-state index in [1.807, 2.05) is 48.6 Å². The van der Waals surface area contributed by atoms with Gasteiger partial charge in [-0.3, -0.25) is 4.79 Å². The molecule has 0 amide bonds. The van der Waals surface area contributed by atoms with Crippen LogP contribution in [-0.2, 0) is 14.3 Å². The standard InChI is InChI=1S/C23H20O5/c24-20-19-16-11-12-23(20,13-27-21(25)15-9-5-2-6-10-15)18(17(16)22(26)28-19)14-7-3-1-4-8-14/h1-12,16-20,24H,13H2/t16-,17?,18?,19+,20-,23-/m0/s1. The minimum atomic E-state index is -0.932. The van der Waals surface area contributed by atoms with Gasteiger partial charge in [0, 0.05) is 11.8 Å². The normalized spacial score (nSPS) is 34.9. The van der Waals surface area contributed by atoms with Gasteiger partial charge in [0.05, 0.1) is 16.9 Å². The SMILES string of the molecule is O=C(OC[C@]12C=C[C@H]3C(C(=O)O[C@H]3[C@@H]1O)C2c1ccccc1)c1ccccc1. The van der Waals surface area contributed by atoms with Gasteiger partial charge in [-0.1, -0.05) is 60.7 Å². The van der Waals surface area contributed by atoms with Gasteiger partial charge in [-0.2, -0.15) is 0 Å². The topological polar surface area (TPSA) is 72.8 Å². The molecule has 2 aromatic rings. The Labute approximate surface area is 162 Å². The van der Waals surface area contributed by atoms with Crippen LogP contribution in [-0.4, -0.2) is 35.9 Å². The van der Waals surface area contributed by atoms with Gasteiger partial charge in [-0.25, -0.2) is 4.79 Å². The highest BCUT2D eigenvalue weighted by Gasteiger charge is 2.68. The van der Waals surface area contributed by atoms with Crippen molar-refractivity contribution in [2.24, 2.45) is 17.3 Å². The number of carbonyl (C=O) groups is 2. The van der Waals surface area contributed by atoms with E-state index < -0.39 is 23.6 Å². The summed E-state index contributed by atoms with van der Waals surface area (Å²) in [5.41, 5.74) is 0.490. The molecule has 1 heterocycles. The Hall–Kier alpha value is -2.92. The number of carbonyl (C=O) groups excluding carboxylic acids is 2. The molecule has 1 saturated carbocycles. The third kappa shape index (κ3) is 2.36. The third-order valence-corrected chi connectivity index (χ3v) is 6.37. The van der Waals surface area contributed by atoms with Crippen molar-refractivity contribution < 1.29 is 24.2 Å². The molecule has 2 aromatic carbocycles. The first-order valence-corrected chi connectivity index (χ1v) is 9.47. The predicted octanol–water partition coefficient (Wildman–Crippen LogP) is 2.72. The maximum atomic E-state index is 12.6. The lowest BCUT2D eigenvalue weighted by atomic mass is 9.51. The average Bonchev–Trinajstić information content (AvgIpc) is 3.05. The van der Waals surface area contributed by atoms with Gasteiger partial charge in [0.1, 0.15) is 18.8 Å². The van der Waals surface area contributed by atoms with Crippen LogP contribution < -0.4 is 0 Å². The van der Waals surface area contributed by atoms with Crippen LogP contribution in [0.2, 0.25) is 0 Å². The maximum absolute atomic E-state index is 12.6. The number of benzene rings is 2. The third-order valence-electron chi connectivity index (χ3n) is 6.37. The molecule has 2 unspecified atom stereocenters. The van der Waals surface area contributed by atoms with E-state index in [1.165, 1.54) is 0 Å². The van der Waals surface area contributed by atoms with Crippen LogP contribution >= 0.6 is 0 Å². The molecule has 1 aliphatic heterocycles. The molecule has 1 N–H and O–H groups in total. The van der Waals surface area contributed by atoms with Crippen LogP contribution in [0, 0.1) is 17.3 Å². The molecule has 1 saturated heterocycles. The quantitative estimate of drug-likeness (QED) is 0.656. The average molecular weight is 376 g/mol. The first kappa shape index (κ1) is 17.2. The van der Waals surface area contributed by atoms with Gasteiger partial charge >= 0.3 is 11.9 Å². The molecule has 3 aliphatic carbocycles. The Morgan fingerprint density at radius 2 is 1.75 bits per heavy atom. The van der Waals surface area contributed by atoms with Crippen molar-refractivity contribution in [3.8, 4) is 0 Å². The van der Waals surface area contributed by atoms with Crippen LogP contribution in [0.3, 0.4) is 0 Å². The fraction of sp³-hybridized carbons (Fsp3) is 0.304. The summed E-state index contributed by atoms with van der Waals surface area (Å²) in [5.74, 6) is -1.58. The summed E-state index contributed by atoms with van der Waals surface area (Å²) in [5, 5.41) is 11.1. The minimum absolute atomic E-state index is 0.0195. The molecular weight excluding hydrogens is 356 g/mol. The lowest BCUT2D eigenvalue weighted by molar-refractivity contribution is -0.148. The highest BCUT2D eigenvalue weighted by atomic mass is 16.6. The number of esters is 2. The van der Waals surface area contributed by atoms with Crippen molar-refractivity contribution in [3.05, 3.63) is 83.9 Å².